The summed E-state index contributed by atoms with van der Waals surface area (Å²) in [6, 6.07) is 11.3. The molecule has 1 amide bonds. The van der Waals surface area contributed by atoms with Gasteiger partial charge in [0.05, 0.1) is 27.9 Å². The Bertz CT molecular complexity index is 1650. The third kappa shape index (κ3) is 4.08. The number of imidazole rings is 1. The van der Waals surface area contributed by atoms with Gasteiger partial charge in [-0.25, -0.2) is 9.97 Å². The molecule has 0 saturated carbocycles. The average molecular weight is 529 g/mol. The number of hydrogen-bond acceptors (Lipinski definition) is 8. The summed E-state index contributed by atoms with van der Waals surface area (Å²) in [6.07, 6.45) is 3.35. The standard InChI is InChI=1S/C28H24N4O5S/c1-5-14-37-19-11-9-18(10-12-19)23-21(24(34)22-15(2)29-20-8-6-7-13-31(20)22)25(35)27(36)32(23)28-30-16(3)26(38-28)17(4)33/h5-13,23,34H,1,14H2,2-4H3/b24-21+. The van der Waals surface area contributed by atoms with Gasteiger partial charge in [0.1, 0.15) is 23.7 Å². The fourth-order valence-corrected chi connectivity index (χ4v) is 5.57. The number of hydrogen-bond donors (Lipinski definition) is 1. The van der Waals surface area contributed by atoms with Crippen LogP contribution in [0.5, 0.6) is 5.75 Å². The average Bonchev–Trinajstić information content (AvgIpc) is 3.53. The molecule has 1 aromatic carbocycles. The monoisotopic (exact) mass is 528 g/mol. The summed E-state index contributed by atoms with van der Waals surface area (Å²) in [5, 5.41) is 11.8. The number of thiazole rings is 1. The van der Waals surface area contributed by atoms with E-state index < -0.39 is 17.7 Å². The number of rotatable bonds is 7. The molecule has 38 heavy (non-hydrogen) atoms. The minimum absolute atomic E-state index is 0.0965. The zero-order valence-electron chi connectivity index (χ0n) is 21.0. The van der Waals surface area contributed by atoms with E-state index >= 15 is 0 Å². The van der Waals surface area contributed by atoms with Crippen LogP contribution in [0, 0.1) is 13.8 Å². The smallest absolute Gasteiger partial charge is 0.301 e. The first-order chi connectivity index (χ1) is 18.2. The fourth-order valence-electron chi connectivity index (χ4n) is 4.58. The molecule has 5 rings (SSSR count). The summed E-state index contributed by atoms with van der Waals surface area (Å²) >= 11 is 1.03. The number of benzene rings is 1. The molecule has 1 N–H and O–H groups in total. The molecule has 4 heterocycles. The van der Waals surface area contributed by atoms with E-state index in [1.807, 2.05) is 6.07 Å². The van der Waals surface area contributed by atoms with E-state index in [-0.39, 0.29) is 22.2 Å². The van der Waals surface area contributed by atoms with Crippen molar-refractivity contribution in [2.45, 2.75) is 26.8 Å². The van der Waals surface area contributed by atoms with Crippen LogP contribution in [-0.2, 0) is 9.59 Å². The minimum Gasteiger partial charge on any atom is -0.505 e. The number of ketones is 2. The lowest BCUT2D eigenvalue weighted by Crippen LogP contribution is -2.29. The normalized spacial score (nSPS) is 16.8. The number of fused-ring (bicyclic) bond motifs is 1. The van der Waals surface area contributed by atoms with E-state index in [9.17, 15) is 19.5 Å². The number of aromatic nitrogens is 3. The molecule has 1 aliphatic rings. The van der Waals surface area contributed by atoms with Gasteiger partial charge in [-0.15, -0.1) is 0 Å². The number of aliphatic hydroxyl groups is 1. The van der Waals surface area contributed by atoms with E-state index in [0.717, 1.165) is 11.3 Å². The van der Waals surface area contributed by atoms with Gasteiger partial charge < -0.3 is 9.84 Å². The summed E-state index contributed by atoms with van der Waals surface area (Å²) < 4.78 is 7.25. The molecule has 4 aromatic rings. The van der Waals surface area contributed by atoms with Gasteiger partial charge in [-0.1, -0.05) is 42.2 Å². The summed E-state index contributed by atoms with van der Waals surface area (Å²) in [5.74, 6) is -1.67. The third-order valence-electron chi connectivity index (χ3n) is 6.25. The zero-order chi connectivity index (χ0) is 27.1. The number of ether oxygens (including phenoxy) is 1. The zero-order valence-corrected chi connectivity index (χ0v) is 21.8. The van der Waals surface area contributed by atoms with Crippen LogP contribution in [0.3, 0.4) is 0 Å². The van der Waals surface area contributed by atoms with Crippen LogP contribution in [0.2, 0.25) is 0 Å². The second kappa shape index (κ2) is 9.71. The van der Waals surface area contributed by atoms with E-state index in [0.29, 0.717) is 45.5 Å². The van der Waals surface area contributed by atoms with Crippen molar-refractivity contribution in [3.63, 3.8) is 0 Å². The number of aliphatic hydroxyl groups excluding tert-OH is 1. The molecule has 1 aliphatic heterocycles. The maximum Gasteiger partial charge on any atom is 0.301 e. The van der Waals surface area contributed by atoms with Crippen molar-refractivity contribution >= 4 is 45.3 Å². The third-order valence-corrected chi connectivity index (χ3v) is 7.51. The molecule has 3 aromatic heterocycles. The maximum absolute atomic E-state index is 13.5. The van der Waals surface area contributed by atoms with Crippen LogP contribution >= 0.6 is 11.3 Å². The Morgan fingerprint density at radius 3 is 2.53 bits per heavy atom. The van der Waals surface area contributed by atoms with Crippen molar-refractivity contribution in [1.82, 2.24) is 14.4 Å². The van der Waals surface area contributed by atoms with Crippen molar-refractivity contribution in [3.8, 4) is 5.75 Å². The Morgan fingerprint density at radius 1 is 1.13 bits per heavy atom. The highest BCUT2D eigenvalue weighted by molar-refractivity contribution is 7.18. The molecular weight excluding hydrogens is 504 g/mol. The number of pyridine rings is 1. The number of carbonyl (C=O) groups is 3. The largest absolute Gasteiger partial charge is 0.505 e. The predicted molar refractivity (Wildman–Crippen MR) is 144 cm³/mol. The molecule has 1 fully saturated rings. The van der Waals surface area contributed by atoms with Crippen molar-refractivity contribution in [2.24, 2.45) is 0 Å². The number of Topliss-reactive ketones (excluding diaryl/α,β-unsaturated/α-hetero) is 2. The minimum atomic E-state index is -0.998. The molecule has 10 heteroatoms. The highest BCUT2D eigenvalue weighted by atomic mass is 32.1. The van der Waals surface area contributed by atoms with Crippen LogP contribution in [0.1, 0.15) is 45.3 Å². The fraction of sp³-hybridized carbons (Fsp3) is 0.179. The van der Waals surface area contributed by atoms with Crippen LogP contribution in [0.25, 0.3) is 11.4 Å². The topological polar surface area (TPSA) is 114 Å². The Kier molecular flexibility index (Phi) is 6.41. The van der Waals surface area contributed by atoms with Crippen molar-refractivity contribution < 1.29 is 24.2 Å². The van der Waals surface area contributed by atoms with Crippen LogP contribution < -0.4 is 9.64 Å². The number of aryl methyl sites for hydroxylation is 2. The lowest BCUT2D eigenvalue weighted by molar-refractivity contribution is -0.132. The molecular formula is C28H24N4O5S. The molecule has 192 valence electrons. The van der Waals surface area contributed by atoms with Gasteiger partial charge in [-0.3, -0.25) is 23.7 Å². The predicted octanol–water partition coefficient (Wildman–Crippen LogP) is 4.80. The maximum atomic E-state index is 13.5. The first kappa shape index (κ1) is 25.1. The SMILES string of the molecule is C=CCOc1ccc(C2/C(=C(\O)c3c(C)nc4ccccn34)C(=O)C(=O)N2c2nc(C)c(C(C)=O)s2)cc1. The number of nitrogens with zero attached hydrogens (tertiary/aromatic N) is 4. The van der Waals surface area contributed by atoms with Crippen molar-refractivity contribution in [2.75, 3.05) is 11.5 Å². The van der Waals surface area contributed by atoms with E-state index in [1.165, 1.54) is 11.8 Å². The lowest BCUT2D eigenvalue weighted by atomic mass is 9.96. The van der Waals surface area contributed by atoms with E-state index in [2.05, 4.69) is 16.5 Å². The molecule has 1 saturated heterocycles. The highest BCUT2D eigenvalue weighted by Gasteiger charge is 2.48. The van der Waals surface area contributed by atoms with Crippen molar-refractivity contribution in [3.05, 3.63) is 94.4 Å². The van der Waals surface area contributed by atoms with Crippen LogP contribution in [0.15, 0.2) is 66.9 Å². The Labute approximate surface area is 222 Å². The Morgan fingerprint density at radius 2 is 1.87 bits per heavy atom. The molecule has 0 aliphatic carbocycles. The van der Waals surface area contributed by atoms with Crippen LogP contribution in [0.4, 0.5) is 5.13 Å². The summed E-state index contributed by atoms with van der Waals surface area (Å²) in [5.41, 5.74) is 2.32. The molecule has 1 unspecified atom stereocenters. The van der Waals surface area contributed by atoms with E-state index in [4.69, 9.17) is 4.74 Å². The Hall–Kier alpha value is -4.57. The van der Waals surface area contributed by atoms with Crippen LogP contribution in [-0.4, -0.2) is 43.6 Å². The summed E-state index contributed by atoms with van der Waals surface area (Å²) in [7, 11) is 0. The van der Waals surface area contributed by atoms with E-state index in [1.54, 1.807) is 66.9 Å². The molecule has 9 nitrogen and oxygen atoms in total. The molecule has 0 bridgehead atoms. The van der Waals surface area contributed by atoms with Gasteiger partial charge in [0.25, 0.3) is 5.78 Å². The molecule has 1 atom stereocenters. The quantitative estimate of drug-likeness (QED) is 0.120. The first-order valence-corrected chi connectivity index (χ1v) is 12.6. The summed E-state index contributed by atoms with van der Waals surface area (Å²) in [6.45, 7) is 8.78. The van der Waals surface area contributed by atoms with Gasteiger partial charge in [0, 0.05) is 13.1 Å². The second-order valence-electron chi connectivity index (χ2n) is 8.78. The molecule has 0 spiro atoms. The first-order valence-electron chi connectivity index (χ1n) is 11.8. The second-order valence-corrected chi connectivity index (χ2v) is 9.76. The number of anilines is 1. The number of amides is 1. The Balaban J connectivity index is 1.73. The highest BCUT2D eigenvalue weighted by Crippen LogP contribution is 2.44. The number of carbonyl (C=O) groups excluding carboxylic acids is 3. The lowest BCUT2D eigenvalue weighted by Gasteiger charge is -2.23. The van der Waals surface area contributed by atoms with Gasteiger partial charge in [-0.05, 0) is 43.7 Å². The van der Waals surface area contributed by atoms with Gasteiger partial charge in [0.15, 0.2) is 16.7 Å². The summed E-state index contributed by atoms with van der Waals surface area (Å²) in [4.78, 5) is 49.7. The van der Waals surface area contributed by atoms with Gasteiger partial charge in [0.2, 0.25) is 0 Å². The molecule has 0 radical (unpaired) electrons. The van der Waals surface area contributed by atoms with Gasteiger partial charge >= 0.3 is 5.91 Å². The van der Waals surface area contributed by atoms with Gasteiger partial charge in [-0.2, -0.15) is 0 Å². The van der Waals surface area contributed by atoms with Crippen molar-refractivity contribution in [1.29, 1.82) is 0 Å².